The van der Waals surface area contributed by atoms with Crippen LogP contribution in [0, 0.1) is 11.3 Å². The molecule has 1 aliphatic carbocycles. The van der Waals surface area contributed by atoms with Gasteiger partial charge in [0.05, 0.1) is 0 Å². The molecule has 2 aliphatic rings. The SMILES string of the molecule is CCC1(CC)CCN(CCC2CCCC2(NC)C(N)=O)C1. The van der Waals surface area contributed by atoms with E-state index in [1.807, 2.05) is 7.05 Å². The van der Waals surface area contributed by atoms with E-state index >= 15 is 0 Å². The van der Waals surface area contributed by atoms with Crippen molar-refractivity contribution in [3.63, 3.8) is 0 Å². The van der Waals surface area contributed by atoms with Crippen LogP contribution >= 0.6 is 0 Å². The Morgan fingerprint density at radius 1 is 1.33 bits per heavy atom. The largest absolute Gasteiger partial charge is 0.368 e. The summed E-state index contributed by atoms with van der Waals surface area (Å²) < 4.78 is 0. The fraction of sp³-hybridized carbons (Fsp3) is 0.941. The molecule has 1 amide bonds. The van der Waals surface area contributed by atoms with E-state index in [0.717, 1.165) is 32.2 Å². The molecular weight excluding hydrogens is 262 g/mol. The molecule has 4 nitrogen and oxygen atoms in total. The number of carbonyl (C=O) groups excluding carboxylic acids is 1. The molecule has 1 aliphatic heterocycles. The first kappa shape index (κ1) is 16.8. The molecule has 0 bridgehead atoms. The molecule has 0 aromatic heterocycles. The van der Waals surface area contributed by atoms with Gasteiger partial charge in [0.25, 0.3) is 0 Å². The number of nitrogens with zero attached hydrogens (tertiary/aromatic N) is 1. The van der Waals surface area contributed by atoms with E-state index in [2.05, 4.69) is 24.1 Å². The number of carbonyl (C=O) groups is 1. The zero-order valence-electron chi connectivity index (χ0n) is 14.1. The Labute approximate surface area is 129 Å². The van der Waals surface area contributed by atoms with Crippen molar-refractivity contribution in [2.75, 3.05) is 26.7 Å². The molecule has 0 aromatic carbocycles. The minimum absolute atomic E-state index is 0.162. The second-order valence-electron chi connectivity index (χ2n) is 7.20. The van der Waals surface area contributed by atoms with Gasteiger partial charge in [0.2, 0.25) is 5.91 Å². The number of nitrogens with two attached hydrogens (primary N) is 1. The number of nitrogens with one attached hydrogen (secondary N) is 1. The maximum atomic E-state index is 11.9. The van der Waals surface area contributed by atoms with Crippen molar-refractivity contribution in [1.29, 1.82) is 0 Å². The van der Waals surface area contributed by atoms with Gasteiger partial charge in [-0.2, -0.15) is 0 Å². The highest BCUT2D eigenvalue weighted by atomic mass is 16.1. The summed E-state index contributed by atoms with van der Waals surface area (Å²) in [6.07, 6.45) is 8.13. The van der Waals surface area contributed by atoms with Crippen LogP contribution in [0.2, 0.25) is 0 Å². The third-order valence-corrected chi connectivity index (χ3v) is 6.52. The van der Waals surface area contributed by atoms with Gasteiger partial charge in [-0.05, 0) is 70.0 Å². The highest BCUT2D eigenvalue weighted by molar-refractivity contribution is 5.85. The summed E-state index contributed by atoms with van der Waals surface area (Å²) in [4.78, 5) is 14.5. The van der Waals surface area contributed by atoms with Crippen LogP contribution in [-0.4, -0.2) is 43.0 Å². The molecule has 1 heterocycles. The van der Waals surface area contributed by atoms with Crippen LogP contribution in [-0.2, 0) is 4.79 Å². The summed E-state index contributed by atoms with van der Waals surface area (Å²) >= 11 is 0. The Kier molecular flexibility index (Phi) is 5.31. The molecule has 2 unspecified atom stereocenters. The molecule has 3 N–H and O–H groups in total. The summed E-state index contributed by atoms with van der Waals surface area (Å²) in [6, 6.07) is 0. The smallest absolute Gasteiger partial charge is 0.238 e. The number of rotatable bonds is 7. The zero-order chi connectivity index (χ0) is 15.5. The van der Waals surface area contributed by atoms with Crippen LogP contribution in [0.5, 0.6) is 0 Å². The lowest BCUT2D eigenvalue weighted by Crippen LogP contribution is -2.56. The minimum atomic E-state index is -0.452. The molecule has 21 heavy (non-hydrogen) atoms. The maximum Gasteiger partial charge on any atom is 0.238 e. The van der Waals surface area contributed by atoms with Gasteiger partial charge in [-0.3, -0.25) is 4.79 Å². The minimum Gasteiger partial charge on any atom is -0.368 e. The predicted octanol–water partition coefficient (Wildman–Crippen LogP) is 2.13. The summed E-state index contributed by atoms with van der Waals surface area (Å²) in [5.41, 5.74) is 5.78. The van der Waals surface area contributed by atoms with Gasteiger partial charge in [0.1, 0.15) is 5.54 Å². The van der Waals surface area contributed by atoms with Gasteiger partial charge in [0.15, 0.2) is 0 Å². The number of amides is 1. The van der Waals surface area contributed by atoms with Gasteiger partial charge in [0, 0.05) is 6.54 Å². The van der Waals surface area contributed by atoms with Gasteiger partial charge >= 0.3 is 0 Å². The number of likely N-dealkylation sites (tertiary alicyclic amines) is 1. The third kappa shape index (κ3) is 3.11. The Morgan fingerprint density at radius 2 is 2.05 bits per heavy atom. The Balaban J connectivity index is 1.90. The van der Waals surface area contributed by atoms with Crippen LogP contribution in [0.25, 0.3) is 0 Å². The lowest BCUT2D eigenvalue weighted by Gasteiger charge is -2.33. The Morgan fingerprint density at radius 3 is 2.57 bits per heavy atom. The molecule has 1 saturated carbocycles. The van der Waals surface area contributed by atoms with E-state index in [-0.39, 0.29) is 5.91 Å². The standard InChI is InChI=1S/C17H33N3O/c1-4-16(5-2)10-12-20(13-16)11-8-14-7-6-9-17(14,19-3)15(18)21/h14,19H,4-13H2,1-3H3,(H2,18,21). The normalized spacial score (nSPS) is 32.6. The summed E-state index contributed by atoms with van der Waals surface area (Å²) in [6.45, 7) is 8.21. The molecule has 1 saturated heterocycles. The van der Waals surface area contributed by atoms with Crippen molar-refractivity contribution < 1.29 is 4.79 Å². The highest BCUT2D eigenvalue weighted by Gasteiger charge is 2.46. The van der Waals surface area contributed by atoms with Crippen molar-refractivity contribution in [3.8, 4) is 0 Å². The molecular formula is C17H33N3O. The Bertz CT molecular complexity index is 367. The summed E-state index contributed by atoms with van der Waals surface area (Å²) in [5, 5.41) is 3.25. The first-order chi connectivity index (χ1) is 10.0. The van der Waals surface area contributed by atoms with Crippen LogP contribution in [0.4, 0.5) is 0 Å². The second kappa shape index (κ2) is 6.66. The fourth-order valence-corrected chi connectivity index (χ4v) is 4.63. The number of primary amides is 1. The van der Waals surface area contributed by atoms with E-state index in [4.69, 9.17) is 5.73 Å². The number of likely N-dealkylation sites (N-methyl/N-ethyl adjacent to an activating group) is 1. The first-order valence-corrected chi connectivity index (χ1v) is 8.73. The predicted molar refractivity (Wildman–Crippen MR) is 87.0 cm³/mol. The second-order valence-corrected chi connectivity index (χ2v) is 7.20. The van der Waals surface area contributed by atoms with Gasteiger partial charge < -0.3 is 16.0 Å². The van der Waals surface area contributed by atoms with Crippen molar-refractivity contribution in [1.82, 2.24) is 10.2 Å². The molecule has 4 heteroatoms. The summed E-state index contributed by atoms with van der Waals surface area (Å²) in [7, 11) is 1.89. The van der Waals surface area contributed by atoms with Crippen molar-refractivity contribution in [2.45, 2.75) is 64.3 Å². The lowest BCUT2D eigenvalue weighted by atomic mass is 9.82. The van der Waals surface area contributed by atoms with Gasteiger partial charge in [-0.15, -0.1) is 0 Å². The van der Waals surface area contributed by atoms with Crippen LogP contribution in [0.15, 0.2) is 0 Å². The molecule has 2 fully saturated rings. The van der Waals surface area contributed by atoms with E-state index in [9.17, 15) is 4.79 Å². The quantitative estimate of drug-likeness (QED) is 0.756. The molecule has 2 atom stereocenters. The zero-order valence-corrected chi connectivity index (χ0v) is 14.1. The first-order valence-electron chi connectivity index (χ1n) is 8.73. The van der Waals surface area contributed by atoms with Gasteiger partial charge in [-0.1, -0.05) is 20.3 Å². The number of hydrogen-bond donors (Lipinski definition) is 2. The molecule has 2 rings (SSSR count). The van der Waals surface area contributed by atoms with Crippen LogP contribution < -0.4 is 11.1 Å². The fourth-order valence-electron chi connectivity index (χ4n) is 4.63. The Hall–Kier alpha value is -0.610. The van der Waals surface area contributed by atoms with Gasteiger partial charge in [-0.25, -0.2) is 0 Å². The van der Waals surface area contributed by atoms with Crippen LogP contribution in [0.1, 0.15) is 58.8 Å². The van der Waals surface area contributed by atoms with E-state index in [1.54, 1.807) is 0 Å². The van der Waals surface area contributed by atoms with Crippen molar-refractivity contribution in [3.05, 3.63) is 0 Å². The van der Waals surface area contributed by atoms with Crippen molar-refractivity contribution in [2.24, 2.45) is 17.1 Å². The third-order valence-electron chi connectivity index (χ3n) is 6.52. The number of hydrogen-bond acceptors (Lipinski definition) is 3. The monoisotopic (exact) mass is 295 g/mol. The molecule has 122 valence electrons. The highest BCUT2D eigenvalue weighted by Crippen LogP contribution is 2.40. The van der Waals surface area contributed by atoms with E-state index < -0.39 is 5.54 Å². The maximum absolute atomic E-state index is 11.9. The van der Waals surface area contributed by atoms with E-state index in [0.29, 0.717) is 11.3 Å². The van der Waals surface area contributed by atoms with E-state index in [1.165, 1.54) is 32.4 Å². The molecule has 0 spiro atoms. The topological polar surface area (TPSA) is 58.4 Å². The van der Waals surface area contributed by atoms with Crippen LogP contribution in [0.3, 0.4) is 0 Å². The average molecular weight is 295 g/mol. The molecule has 0 aromatic rings. The van der Waals surface area contributed by atoms with Crippen molar-refractivity contribution >= 4 is 5.91 Å². The summed E-state index contributed by atoms with van der Waals surface area (Å²) in [5.74, 6) is 0.239. The lowest BCUT2D eigenvalue weighted by molar-refractivity contribution is -0.125. The molecule has 0 radical (unpaired) electrons. The average Bonchev–Trinajstić information content (AvgIpc) is 3.10.